The van der Waals surface area contributed by atoms with E-state index in [2.05, 4.69) is 11.4 Å². The van der Waals surface area contributed by atoms with Crippen molar-refractivity contribution in [2.45, 2.75) is 38.1 Å². The molecule has 1 nitrogen and oxygen atoms in total. The van der Waals surface area contributed by atoms with Crippen LogP contribution in [-0.4, -0.2) is 7.05 Å². The summed E-state index contributed by atoms with van der Waals surface area (Å²) in [6.07, 6.45) is 5.29. The molecule has 1 aromatic heterocycles. The van der Waals surface area contributed by atoms with E-state index in [9.17, 15) is 8.78 Å². The van der Waals surface area contributed by atoms with Crippen LogP contribution in [0.1, 0.15) is 39.8 Å². The molecule has 21 heavy (non-hydrogen) atoms. The third-order valence-corrected chi connectivity index (χ3v) is 5.51. The standard InChI is InChI=1S/C17H19F2NS/c1-20-14(9-12-6-4-7-13(18)17(12)19)16-10-11-5-2-3-8-15(11)21-16/h4,6-7,10,14,20H,2-3,5,8-9H2,1H3. The first kappa shape index (κ1) is 14.7. The number of likely N-dealkylation sites (N-methyl/N-ethyl adjacent to an activating group) is 1. The molecule has 1 aliphatic rings. The number of rotatable bonds is 4. The Morgan fingerprint density at radius 1 is 1.24 bits per heavy atom. The van der Waals surface area contributed by atoms with Crippen LogP contribution in [0.15, 0.2) is 24.3 Å². The molecule has 112 valence electrons. The highest BCUT2D eigenvalue weighted by Gasteiger charge is 2.20. The van der Waals surface area contributed by atoms with Crippen LogP contribution < -0.4 is 5.32 Å². The molecule has 0 aliphatic heterocycles. The van der Waals surface area contributed by atoms with Crippen molar-refractivity contribution in [3.8, 4) is 0 Å². The molecule has 4 heteroatoms. The second-order valence-corrected chi connectivity index (χ2v) is 6.73. The first-order valence-electron chi connectivity index (χ1n) is 7.40. The first-order valence-corrected chi connectivity index (χ1v) is 8.22. The van der Waals surface area contributed by atoms with Gasteiger partial charge in [0.15, 0.2) is 11.6 Å². The number of hydrogen-bond donors (Lipinski definition) is 1. The normalized spacial score (nSPS) is 15.8. The highest BCUT2D eigenvalue weighted by atomic mass is 32.1. The van der Waals surface area contributed by atoms with Gasteiger partial charge in [-0.1, -0.05) is 12.1 Å². The summed E-state index contributed by atoms with van der Waals surface area (Å²) in [6.45, 7) is 0. The molecule has 1 N–H and O–H groups in total. The fourth-order valence-electron chi connectivity index (χ4n) is 2.96. The van der Waals surface area contributed by atoms with Crippen LogP contribution in [0.5, 0.6) is 0 Å². The van der Waals surface area contributed by atoms with Crippen LogP contribution in [0.4, 0.5) is 8.78 Å². The Morgan fingerprint density at radius 2 is 2.05 bits per heavy atom. The molecule has 0 bridgehead atoms. The van der Waals surface area contributed by atoms with Gasteiger partial charge in [-0.25, -0.2) is 8.78 Å². The average molecular weight is 307 g/mol. The molecule has 1 aliphatic carbocycles. The Labute approximate surface area is 128 Å². The second-order valence-electron chi connectivity index (χ2n) is 5.56. The molecule has 0 spiro atoms. The monoisotopic (exact) mass is 307 g/mol. The van der Waals surface area contributed by atoms with E-state index >= 15 is 0 Å². The summed E-state index contributed by atoms with van der Waals surface area (Å²) in [5.41, 5.74) is 1.88. The Hall–Kier alpha value is -1.26. The molecule has 1 atom stereocenters. The number of nitrogens with one attached hydrogen (secondary N) is 1. The van der Waals surface area contributed by atoms with Gasteiger partial charge in [0.1, 0.15) is 0 Å². The van der Waals surface area contributed by atoms with E-state index in [1.807, 2.05) is 18.4 Å². The fourth-order valence-corrected chi connectivity index (χ4v) is 4.32. The fraction of sp³-hybridized carbons (Fsp3) is 0.412. The summed E-state index contributed by atoms with van der Waals surface area (Å²) >= 11 is 1.82. The molecule has 3 rings (SSSR count). The average Bonchev–Trinajstić information content (AvgIpc) is 2.92. The molecule has 0 radical (unpaired) electrons. The van der Waals surface area contributed by atoms with Crippen molar-refractivity contribution in [2.24, 2.45) is 0 Å². The molecule has 2 aromatic rings. The number of thiophene rings is 1. The van der Waals surface area contributed by atoms with Crippen LogP contribution in [0.2, 0.25) is 0 Å². The topological polar surface area (TPSA) is 12.0 Å². The Bertz CT molecular complexity index is 612. The lowest BCUT2D eigenvalue weighted by molar-refractivity contribution is 0.488. The van der Waals surface area contributed by atoms with E-state index in [0.717, 1.165) is 18.9 Å². The van der Waals surface area contributed by atoms with Crippen LogP contribution in [0.3, 0.4) is 0 Å². The van der Waals surface area contributed by atoms with Crippen LogP contribution >= 0.6 is 11.3 Å². The maximum Gasteiger partial charge on any atom is 0.162 e. The van der Waals surface area contributed by atoms with Crippen molar-refractivity contribution in [3.05, 3.63) is 56.8 Å². The predicted molar refractivity (Wildman–Crippen MR) is 82.8 cm³/mol. The first-order chi connectivity index (χ1) is 10.2. The second kappa shape index (κ2) is 6.24. The molecule has 1 heterocycles. The van der Waals surface area contributed by atoms with Crippen molar-refractivity contribution < 1.29 is 8.78 Å². The molecule has 0 saturated carbocycles. The molecule has 0 saturated heterocycles. The SMILES string of the molecule is CNC(Cc1cccc(F)c1F)c1cc2c(s1)CCCC2. The zero-order valence-corrected chi connectivity index (χ0v) is 12.9. The smallest absolute Gasteiger partial charge is 0.162 e. The van der Waals surface area contributed by atoms with Crippen molar-refractivity contribution >= 4 is 11.3 Å². The lowest BCUT2D eigenvalue weighted by Crippen LogP contribution is -2.18. The number of fused-ring (bicyclic) bond motifs is 1. The summed E-state index contributed by atoms with van der Waals surface area (Å²) in [4.78, 5) is 2.70. The van der Waals surface area contributed by atoms with Gasteiger partial charge in [0.2, 0.25) is 0 Å². The highest BCUT2D eigenvalue weighted by molar-refractivity contribution is 7.12. The van der Waals surface area contributed by atoms with Crippen molar-refractivity contribution in [2.75, 3.05) is 7.05 Å². The molecule has 1 aromatic carbocycles. The molecular weight excluding hydrogens is 288 g/mol. The zero-order valence-electron chi connectivity index (χ0n) is 12.1. The maximum atomic E-state index is 13.8. The minimum atomic E-state index is -0.771. The third-order valence-electron chi connectivity index (χ3n) is 4.16. The van der Waals surface area contributed by atoms with Gasteiger partial charge >= 0.3 is 0 Å². The molecule has 1 unspecified atom stereocenters. The van der Waals surface area contributed by atoms with Gasteiger partial charge < -0.3 is 5.32 Å². The van der Waals surface area contributed by atoms with Crippen LogP contribution in [0.25, 0.3) is 0 Å². The number of halogens is 2. The Morgan fingerprint density at radius 3 is 2.81 bits per heavy atom. The highest BCUT2D eigenvalue weighted by Crippen LogP contribution is 2.34. The lowest BCUT2D eigenvalue weighted by atomic mass is 9.98. The Kier molecular flexibility index (Phi) is 4.36. The van der Waals surface area contributed by atoms with Gasteiger partial charge in [-0.05, 0) is 62.4 Å². The number of aryl methyl sites for hydroxylation is 2. The number of benzene rings is 1. The van der Waals surface area contributed by atoms with Crippen molar-refractivity contribution in [1.82, 2.24) is 5.32 Å². The summed E-state index contributed by atoms with van der Waals surface area (Å²) in [5, 5.41) is 3.24. The third kappa shape index (κ3) is 3.01. The summed E-state index contributed by atoms with van der Waals surface area (Å²) in [5.74, 6) is -1.49. The van der Waals surface area contributed by atoms with Crippen LogP contribution in [0, 0.1) is 11.6 Å². The van der Waals surface area contributed by atoms with E-state index in [1.165, 1.54) is 28.2 Å². The van der Waals surface area contributed by atoms with Gasteiger partial charge in [0.05, 0.1) is 0 Å². The Balaban J connectivity index is 1.85. The van der Waals surface area contributed by atoms with E-state index in [1.54, 1.807) is 12.1 Å². The molecule has 0 amide bonds. The molecule has 0 fully saturated rings. The minimum absolute atomic E-state index is 0.0388. The van der Waals surface area contributed by atoms with E-state index < -0.39 is 11.6 Å². The van der Waals surface area contributed by atoms with E-state index in [0.29, 0.717) is 12.0 Å². The van der Waals surface area contributed by atoms with E-state index in [-0.39, 0.29) is 6.04 Å². The van der Waals surface area contributed by atoms with Gasteiger partial charge in [-0.2, -0.15) is 0 Å². The predicted octanol–water partition coefficient (Wildman–Crippen LogP) is 4.41. The van der Waals surface area contributed by atoms with Crippen molar-refractivity contribution in [1.29, 1.82) is 0 Å². The van der Waals surface area contributed by atoms with Gasteiger partial charge in [0.25, 0.3) is 0 Å². The van der Waals surface area contributed by atoms with Gasteiger partial charge in [0, 0.05) is 15.8 Å². The zero-order chi connectivity index (χ0) is 14.8. The van der Waals surface area contributed by atoms with Crippen LogP contribution in [-0.2, 0) is 19.3 Å². The largest absolute Gasteiger partial charge is 0.312 e. The van der Waals surface area contributed by atoms with Gasteiger partial charge in [-0.3, -0.25) is 0 Å². The van der Waals surface area contributed by atoms with Gasteiger partial charge in [-0.15, -0.1) is 11.3 Å². The quantitative estimate of drug-likeness (QED) is 0.882. The van der Waals surface area contributed by atoms with E-state index in [4.69, 9.17) is 0 Å². The summed E-state index contributed by atoms with van der Waals surface area (Å²) < 4.78 is 27.2. The molecular formula is C17H19F2NS. The van der Waals surface area contributed by atoms with Crippen molar-refractivity contribution in [3.63, 3.8) is 0 Å². The minimum Gasteiger partial charge on any atom is -0.312 e. The number of hydrogen-bond acceptors (Lipinski definition) is 2. The maximum absolute atomic E-state index is 13.8. The lowest BCUT2D eigenvalue weighted by Gasteiger charge is -2.15. The summed E-state index contributed by atoms with van der Waals surface area (Å²) in [7, 11) is 1.88. The summed E-state index contributed by atoms with van der Waals surface area (Å²) in [6, 6.07) is 6.68.